The zero-order valence-electron chi connectivity index (χ0n) is 25.2. The molecule has 1 aromatic heterocycles. The molecule has 46 heavy (non-hydrogen) atoms. The Bertz CT molecular complexity index is 2470. The summed E-state index contributed by atoms with van der Waals surface area (Å²) in [6, 6.07) is 61.0. The third-order valence-corrected chi connectivity index (χ3v) is 9.04. The summed E-state index contributed by atoms with van der Waals surface area (Å²) in [5, 5.41) is 7.64. The van der Waals surface area contributed by atoms with Gasteiger partial charge in [0.05, 0.1) is 11.0 Å². The first kappa shape index (κ1) is 26.3. The van der Waals surface area contributed by atoms with Gasteiger partial charge in [0.2, 0.25) is 0 Å². The van der Waals surface area contributed by atoms with E-state index in [4.69, 9.17) is 0 Å². The summed E-state index contributed by atoms with van der Waals surface area (Å²) >= 11 is 0. The van der Waals surface area contributed by atoms with E-state index in [1.54, 1.807) is 0 Å². The van der Waals surface area contributed by atoms with Crippen LogP contribution in [0.2, 0.25) is 0 Å². The van der Waals surface area contributed by atoms with Crippen LogP contribution in [-0.2, 0) is 0 Å². The predicted molar refractivity (Wildman–Crippen MR) is 197 cm³/mol. The molecule has 0 amide bonds. The second-order valence-electron chi connectivity index (χ2n) is 11.9. The van der Waals surface area contributed by atoms with Crippen LogP contribution in [0.4, 0.5) is 17.1 Å². The molecule has 0 saturated heterocycles. The minimum absolute atomic E-state index is 1.14. The van der Waals surface area contributed by atoms with Crippen molar-refractivity contribution < 1.29 is 0 Å². The molecule has 0 aliphatic rings. The van der Waals surface area contributed by atoms with E-state index in [2.05, 4.69) is 191 Å². The van der Waals surface area contributed by atoms with Crippen molar-refractivity contribution in [1.82, 2.24) is 4.57 Å². The van der Waals surface area contributed by atoms with E-state index >= 15 is 0 Å². The molecule has 8 aromatic carbocycles. The van der Waals surface area contributed by atoms with E-state index in [0.717, 1.165) is 17.1 Å². The summed E-state index contributed by atoms with van der Waals surface area (Å²) < 4.78 is 2.41. The van der Waals surface area contributed by atoms with E-state index in [0.29, 0.717) is 0 Å². The number of benzene rings is 8. The van der Waals surface area contributed by atoms with Gasteiger partial charge in [0.15, 0.2) is 0 Å². The number of aromatic nitrogens is 1. The number of rotatable bonds is 6. The van der Waals surface area contributed by atoms with Gasteiger partial charge in [-0.2, -0.15) is 0 Å². The molecule has 0 unspecified atom stereocenters. The van der Waals surface area contributed by atoms with Gasteiger partial charge >= 0.3 is 0 Å². The van der Waals surface area contributed by atoms with Crippen LogP contribution in [0, 0.1) is 0 Å². The maximum Gasteiger partial charge on any atom is 0.0553 e. The van der Waals surface area contributed by atoms with Gasteiger partial charge < -0.3 is 9.47 Å². The van der Waals surface area contributed by atoms with E-state index in [9.17, 15) is 0 Å². The molecule has 2 nitrogen and oxygen atoms in total. The second kappa shape index (κ2) is 10.8. The minimum Gasteiger partial charge on any atom is -0.310 e. The van der Waals surface area contributed by atoms with E-state index < -0.39 is 0 Å². The summed E-state index contributed by atoms with van der Waals surface area (Å²) in [4.78, 5) is 2.31. The minimum atomic E-state index is 1.14. The van der Waals surface area contributed by atoms with Gasteiger partial charge in [0, 0.05) is 33.5 Å². The van der Waals surface area contributed by atoms with Gasteiger partial charge in [-0.25, -0.2) is 0 Å². The number of nitrogens with zero attached hydrogens (tertiary/aromatic N) is 2. The first-order valence-corrected chi connectivity index (χ1v) is 15.8. The van der Waals surface area contributed by atoms with Crippen LogP contribution in [-0.4, -0.2) is 4.57 Å². The van der Waals surface area contributed by atoms with Crippen LogP contribution in [0.15, 0.2) is 170 Å². The lowest BCUT2D eigenvalue weighted by molar-refractivity contribution is 1.18. The fraction of sp³-hybridized carbons (Fsp3) is 0. The highest BCUT2D eigenvalue weighted by Crippen LogP contribution is 2.40. The normalized spacial score (nSPS) is 11.8. The predicted octanol–water partition coefficient (Wildman–Crippen LogP) is 12.2. The van der Waals surface area contributed by atoms with Crippen molar-refractivity contribution in [3.05, 3.63) is 181 Å². The summed E-state index contributed by atoms with van der Waals surface area (Å²) in [7, 11) is 0. The average Bonchev–Trinajstić information content (AvgIpc) is 3.46. The van der Waals surface area contributed by atoms with Crippen LogP contribution in [0.3, 0.4) is 0 Å². The zero-order valence-corrected chi connectivity index (χ0v) is 25.2. The van der Waals surface area contributed by atoms with E-state index in [1.165, 1.54) is 60.2 Å². The maximum atomic E-state index is 2.41. The number of para-hydroxylation sites is 3. The molecule has 1 heterocycles. The monoisotopic (exact) mass is 586 g/mol. The summed E-state index contributed by atoms with van der Waals surface area (Å²) in [5.74, 6) is 0. The smallest absolute Gasteiger partial charge is 0.0553 e. The van der Waals surface area contributed by atoms with Crippen LogP contribution in [0.25, 0.3) is 61.2 Å². The molecule has 0 N–H and O–H groups in total. The number of fused-ring (bicyclic) bond motifs is 1. The van der Waals surface area contributed by atoms with Crippen molar-refractivity contribution in [2.45, 2.75) is 0 Å². The van der Waals surface area contributed by atoms with Gasteiger partial charge in [0.1, 0.15) is 0 Å². The average molecular weight is 587 g/mol. The fourth-order valence-corrected chi connectivity index (χ4v) is 6.96. The van der Waals surface area contributed by atoms with Crippen LogP contribution in [0.1, 0.15) is 11.1 Å². The molecule has 9 aromatic rings. The first-order valence-electron chi connectivity index (χ1n) is 15.8. The highest BCUT2D eigenvalue weighted by Gasteiger charge is 2.17. The topological polar surface area (TPSA) is 8.17 Å². The third-order valence-electron chi connectivity index (χ3n) is 9.04. The van der Waals surface area contributed by atoms with Crippen LogP contribution < -0.4 is 4.90 Å². The Labute approximate surface area is 268 Å². The Kier molecular flexibility index (Phi) is 6.17. The molecule has 0 aliphatic carbocycles. The van der Waals surface area contributed by atoms with Crippen molar-refractivity contribution >= 4 is 72.6 Å². The molecular formula is C44H30N2. The fourth-order valence-electron chi connectivity index (χ4n) is 6.96. The summed E-state index contributed by atoms with van der Waals surface area (Å²) in [6.07, 6.45) is 4.48. The molecule has 0 spiro atoms. The Hall–Kier alpha value is -6.12. The summed E-state index contributed by atoms with van der Waals surface area (Å²) in [6.45, 7) is 0. The number of hydrogen-bond donors (Lipinski definition) is 0. The lowest BCUT2D eigenvalue weighted by atomic mass is 9.99. The Balaban J connectivity index is 1.10. The van der Waals surface area contributed by atoms with Crippen LogP contribution >= 0.6 is 0 Å². The summed E-state index contributed by atoms with van der Waals surface area (Å²) in [5.41, 5.74) is 9.45. The molecule has 0 atom stereocenters. The SMILES string of the molecule is C(=Cc1cc2ccc3cccc4c3c2c(c1)n4-c1ccccc1)c1ccc2cc(N(c3ccccc3)c3ccccc3)ccc2c1. The lowest BCUT2D eigenvalue weighted by Gasteiger charge is -2.25. The first-order chi connectivity index (χ1) is 22.8. The number of anilines is 3. The quantitative estimate of drug-likeness (QED) is 0.139. The zero-order chi connectivity index (χ0) is 30.5. The number of hydrogen-bond acceptors (Lipinski definition) is 1. The molecular weight excluding hydrogens is 556 g/mol. The van der Waals surface area contributed by atoms with E-state index in [-0.39, 0.29) is 0 Å². The molecule has 0 bridgehead atoms. The Morgan fingerprint density at radius 1 is 0.370 bits per heavy atom. The largest absolute Gasteiger partial charge is 0.310 e. The van der Waals surface area contributed by atoms with Crippen molar-refractivity contribution in [3.8, 4) is 5.69 Å². The van der Waals surface area contributed by atoms with Gasteiger partial charge in [0.25, 0.3) is 0 Å². The molecule has 216 valence electrons. The van der Waals surface area contributed by atoms with Gasteiger partial charge in [-0.3, -0.25) is 0 Å². The van der Waals surface area contributed by atoms with Gasteiger partial charge in [-0.15, -0.1) is 0 Å². The van der Waals surface area contributed by atoms with Crippen molar-refractivity contribution in [1.29, 1.82) is 0 Å². The third kappa shape index (κ3) is 4.43. The highest BCUT2D eigenvalue weighted by molar-refractivity contribution is 6.24. The second-order valence-corrected chi connectivity index (χ2v) is 11.9. The molecule has 0 radical (unpaired) electrons. The van der Waals surface area contributed by atoms with Crippen molar-refractivity contribution in [3.63, 3.8) is 0 Å². The highest BCUT2D eigenvalue weighted by atomic mass is 15.1. The van der Waals surface area contributed by atoms with E-state index in [1.807, 2.05) is 0 Å². The molecule has 0 fully saturated rings. The van der Waals surface area contributed by atoms with Gasteiger partial charge in [-0.05, 0) is 105 Å². The lowest BCUT2D eigenvalue weighted by Crippen LogP contribution is -2.09. The molecule has 9 rings (SSSR count). The Morgan fingerprint density at radius 3 is 1.72 bits per heavy atom. The maximum absolute atomic E-state index is 2.41. The molecule has 2 heteroatoms. The standard InChI is InChI=1S/C44H30N2/c1-4-12-37(13-5-1)45(38-14-6-2-7-15-38)40-26-25-34-27-31(21-22-35(34)30-40)19-20-32-28-36-24-23-33-11-10-18-41-43(33)44(36)42(29-32)46(41)39-16-8-3-9-17-39/h1-30H. The van der Waals surface area contributed by atoms with Crippen LogP contribution in [0.5, 0.6) is 0 Å². The molecule has 0 aliphatic heterocycles. The van der Waals surface area contributed by atoms with Crippen molar-refractivity contribution in [2.75, 3.05) is 4.90 Å². The molecule has 0 saturated carbocycles. The Morgan fingerprint density at radius 2 is 0.957 bits per heavy atom. The van der Waals surface area contributed by atoms with Crippen molar-refractivity contribution in [2.24, 2.45) is 0 Å². The van der Waals surface area contributed by atoms with Gasteiger partial charge in [-0.1, -0.05) is 109 Å².